The van der Waals surface area contributed by atoms with Crippen molar-refractivity contribution in [1.29, 1.82) is 0 Å². The topological polar surface area (TPSA) is 28.7 Å². The van der Waals surface area contributed by atoms with Crippen molar-refractivity contribution < 1.29 is 4.74 Å². The second kappa shape index (κ2) is 27.4. The minimum atomic E-state index is 0.831. The molecule has 4 aliphatic rings. The maximum absolute atomic E-state index is 5.26. The molecule has 0 unspecified atom stereocenters. The summed E-state index contributed by atoms with van der Waals surface area (Å²) in [5.74, 6) is 4.45. The summed E-state index contributed by atoms with van der Waals surface area (Å²) in [6, 6.07) is 0. The number of morpholine rings is 1. The summed E-state index contributed by atoms with van der Waals surface area (Å²) in [6.45, 7) is 42.6. The molecule has 4 saturated heterocycles. The van der Waals surface area contributed by atoms with E-state index in [-0.39, 0.29) is 0 Å². The first-order chi connectivity index (χ1) is 22.4. The van der Waals surface area contributed by atoms with Crippen LogP contribution in [0.3, 0.4) is 0 Å². The number of likely N-dealkylation sites (N-methyl/N-ethyl adjacent to an activating group) is 2. The van der Waals surface area contributed by atoms with Crippen LogP contribution in [-0.4, -0.2) is 161 Å². The minimum Gasteiger partial charge on any atom is -0.379 e. The minimum absolute atomic E-state index is 0.831. The zero-order valence-electron chi connectivity index (χ0n) is 33.9. The van der Waals surface area contributed by atoms with Crippen LogP contribution in [0.2, 0.25) is 0 Å². The molecule has 0 saturated carbocycles. The molecule has 4 fully saturated rings. The maximum Gasteiger partial charge on any atom is 0.0594 e. The number of hydrogen-bond acceptors (Lipinski definition) is 7. The molecule has 4 aliphatic heterocycles. The fourth-order valence-electron chi connectivity index (χ4n) is 6.51. The van der Waals surface area contributed by atoms with Gasteiger partial charge in [0.2, 0.25) is 0 Å². The van der Waals surface area contributed by atoms with E-state index >= 15 is 0 Å². The van der Waals surface area contributed by atoms with Crippen molar-refractivity contribution in [2.75, 3.05) is 132 Å². The van der Waals surface area contributed by atoms with Gasteiger partial charge >= 0.3 is 0 Å². The van der Waals surface area contributed by atoms with Crippen LogP contribution >= 0.6 is 0 Å². The van der Waals surface area contributed by atoms with E-state index in [1.807, 2.05) is 0 Å². The Hall–Kier alpha value is -0.280. The van der Waals surface area contributed by atoms with Crippen molar-refractivity contribution in [3.8, 4) is 0 Å². The Morgan fingerprint density at radius 1 is 0.468 bits per heavy atom. The smallest absolute Gasteiger partial charge is 0.0594 e. The maximum atomic E-state index is 5.26. The van der Waals surface area contributed by atoms with Gasteiger partial charge in [0.25, 0.3) is 0 Å². The van der Waals surface area contributed by atoms with E-state index in [1.165, 1.54) is 130 Å². The number of nitrogens with zero attached hydrogens (tertiary/aromatic N) is 6. The van der Waals surface area contributed by atoms with Crippen molar-refractivity contribution >= 4 is 0 Å². The van der Waals surface area contributed by atoms with Gasteiger partial charge in [-0.2, -0.15) is 0 Å². The number of piperazine rings is 2. The molecule has 0 atom stereocenters. The van der Waals surface area contributed by atoms with E-state index in [4.69, 9.17) is 4.74 Å². The Morgan fingerprint density at radius 2 is 0.830 bits per heavy atom. The van der Waals surface area contributed by atoms with Crippen LogP contribution in [0.15, 0.2) is 0 Å². The van der Waals surface area contributed by atoms with Gasteiger partial charge in [-0.05, 0) is 121 Å². The molecule has 47 heavy (non-hydrogen) atoms. The third-order valence-corrected chi connectivity index (χ3v) is 10.3. The van der Waals surface area contributed by atoms with Crippen molar-refractivity contribution in [3.63, 3.8) is 0 Å². The molecule has 7 nitrogen and oxygen atoms in total. The van der Waals surface area contributed by atoms with Gasteiger partial charge in [0.1, 0.15) is 0 Å². The predicted octanol–water partition coefficient (Wildman–Crippen LogP) is 6.69. The molecular weight excluding hydrogens is 580 g/mol. The number of likely N-dealkylation sites (tertiary alicyclic amines) is 1. The Balaban J connectivity index is 0.000000314. The Kier molecular flexibility index (Phi) is 26.1. The highest BCUT2D eigenvalue weighted by atomic mass is 16.5. The lowest BCUT2D eigenvalue weighted by Crippen LogP contribution is -2.46. The highest BCUT2D eigenvalue weighted by Crippen LogP contribution is 2.23. The lowest BCUT2D eigenvalue weighted by molar-refractivity contribution is 0.0360. The van der Waals surface area contributed by atoms with Crippen LogP contribution in [0, 0.1) is 29.6 Å². The van der Waals surface area contributed by atoms with E-state index in [2.05, 4.69) is 106 Å². The Labute approximate surface area is 296 Å². The highest BCUT2D eigenvalue weighted by Gasteiger charge is 2.17. The molecule has 0 aromatic heterocycles. The van der Waals surface area contributed by atoms with Crippen LogP contribution < -0.4 is 0 Å². The average molecular weight is 667 g/mol. The predicted molar refractivity (Wildman–Crippen MR) is 208 cm³/mol. The third kappa shape index (κ3) is 25.3. The van der Waals surface area contributed by atoms with Crippen molar-refractivity contribution in [2.45, 2.75) is 101 Å². The molecule has 0 N–H and O–H groups in total. The fraction of sp³-hybridized carbons (Fsp3) is 1.00. The molecular formula is C40H86N6O. The van der Waals surface area contributed by atoms with Crippen LogP contribution in [-0.2, 0) is 4.74 Å². The van der Waals surface area contributed by atoms with Crippen molar-refractivity contribution in [2.24, 2.45) is 29.6 Å². The second-order valence-electron chi connectivity index (χ2n) is 16.8. The standard InChI is InChI=1S/C11H24N2.C10H22N2.C10H21N.C9H19NO/c1-4-12-7-9-13(10-8-12)6-5-11(2)3;1-10(2)4-5-12-8-6-11(3)7-9-12;1-9(2)8-10-4-6-11(3)7-5-10;1-9(2)3-4-10-5-7-11-8-6-10/h11H,4-10H2,1-3H3;10H,4-9H2,1-3H3;9-10H,4-8H2,1-3H3;9H,3-8H2,1-2H3. The summed E-state index contributed by atoms with van der Waals surface area (Å²) in [6.07, 6.45) is 8.31. The molecule has 0 radical (unpaired) electrons. The quantitative estimate of drug-likeness (QED) is 0.229. The lowest BCUT2D eigenvalue weighted by Gasteiger charge is -2.34. The summed E-state index contributed by atoms with van der Waals surface area (Å²) in [4.78, 5) is 15.1. The number of rotatable bonds is 12. The third-order valence-electron chi connectivity index (χ3n) is 10.3. The fourth-order valence-corrected chi connectivity index (χ4v) is 6.51. The molecule has 4 rings (SSSR count). The average Bonchev–Trinajstić information content (AvgIpc) is 3.05. The number of piperidine rings is 1. The molecule has 0 aromatic carbocycles. The van der Waals surface area contributed by atoms with Gasteiger partial charge in [-0.15, -0.1) is 0 Å². The highest BCUT2D eigenvalue weighted by molar-refractivity contribution is 4.72. The Morgan fingerprint density at radius 3 is 1.21 bits per heavy atom. The van der Waals surface area contributed by atoms with Crippen LogP contribution in [0.1, 0.15) is 101 Å². The number of hydrogen-bond donors (Lipinski definition) is 0. The van der Waals surface area contributed by atoms with Gasteiger partial charge in [-0.25, -0.2) is 0 Å². The molecule has 0 spiro atoms. The van der Waals surface area contributed by atoms with Crippen LogP contribution in [0.5, 0.6) is 0 Å². The molecule has 0 bridgehead atoms. The largest absolute Gasteiger partial charge is 0.379 e. The van der Waals surface area contributed by atoms with Crippen LogP contribution in [0.25, 0.3) is 0 Å². The molecule has 7 heteroatoms. The normalized spacial score (nSPS) is 21.8. The summed E-state index contributed by atoms with van der Waals surface area (Å²) in [5.41, 5.74) is 0. The molecule has 4 heterocycles. The molecule has 0 amide bonds. The summed E-state index contributed by atoms with van der Waals surface area (Å²) >= 11 is 0. The number of ether oxygens (including phenoxy) is 1. The first-order valence-electron chi connectivity index (χ1n) is 20.2. The van der Waals surface area contributed by atoms with E-state index in [0.29, 0.717) is 0 Å². The zero-order valence-corrected chi connectivity index (χ0v) is 33.9. The molecule has 282 valence electrons. The lowest BCUT2D eigenvalue weighted by atomic mass is 9.89. The van der Waals surface area contributed by atoms with Gasteiger partial charge < -0.3 is 29.2 Å². The summed E-state index contributed by atoms with van der Waals surface area (Å²) < 4.78 is 5.26. The van der Waals surface area contributed by atoms with Crippen LogP contribution in [0.4, 0.5) is 0 Å². The van der Waals surface area contributed by atoms with E-state index < -0.39 is 0 Å². The second-order valence-corrected chi connectivity index (χ2v) is 16.8. The summed E-state index contributed by atoms with van der Waals surface area (Å²) in [7, 11) is 4.44. The van der Waals surface area contributed by atoms with Gasteiger partial charge in [0.05, 0.1) is 13.2 Å². The van der Waals surface area contributed by atoms with Crippen molar-refractivity contribution in [1.82, 2.24) is 29.4 Å². The first-order valence-corrected chi connectivity index (χ1v) is 20.2. The van der Waals surface area contributed by atoms with Gasteiger partial charge in [0, 0.05) is 65.4 Å². The van der Waals surface area contributed by atoms with E-state index in [1.54, 1.807) is 0 Å². The van der Waals surface area contributed by atoms with E-state index in [9.17, 15) is 0 Å². The monoisotopic (exact) mass is 667 g/mol. The SMILES string of the molecule is CC(C)CC1CCN(C)CC1.CC(C)CCN1CCN(C)CC1.CC(C)CCN1CCOCC1.CCN1CCN(CCC(C)C)CC1. The summed E-state index contributed by atoms with van der Waals surface area (Å²) in [5, 5.41) is 0. The van der Waals surface area contributed by atoms with Crippen molar-refractivity contribution in [3.05, 3.63) is 0 Å². The Bertz CT molecular complexity index is 674. The van der Waals surface area contributed by atoms with Gasteiger partial charge in [-0.1, -0.05) is 62.3 Å². The van der Waals surface area contributed by atoms with Gasteiger partial charge in [0.15, 0.2) is 0 Å². The first kappa shape index (κ1) is 44.7. The molecule has 0 aliphatic carbocycles. The van der Waals surface area contributed by atoms with E-state index in [0.717, 1.165) is 55.9 Å². The molecule has 0 aromatic rings. The zero-order chi connectivity index (χ0) is 35.0. The van der Waals surface area contributed by atoms with Gasteiger partial charge in [-0.3, -0.25) is 4.90 Å².